The molecule has 0 aliphatic carbocycles. The predicted molar refractivity (Wildman–Crippen MR) is 147 cm³/mol. The SMILES string of the molecule is CCCCCCCC/C=C\CCCCCCCC/C=C\CC/C=C\CCCC(=O)OC(C)C. The summed E-state index contributed by atoms with van der Waals surface area (Å²) >= 11 is 0. The highest BCUT2D eigenvalue weighted by Gasteiger charge is 2.03. The summed E-state index contributed by atoms with van der Waals surface area (Å²) in [5.74, 6) is -0.0763. The smallest absolute Gasteiger partial charge is 0.306 e. The fraction of sp³-hybridized carbons (Fsp3) is 0.774. The number of allylic oxidation sites excluding steroid dienone is 6. The molecule has 0 heterocycles. The van der Waals surface area contributed by atoms with Gasteiger partial charge in [0.1, 0.15) is 0 Å². The van der Waals surface area contributed by atoms with Gasteiger partial charge in [0.2, 0.25) is 0 Å². The van der Waals surface area contributed by atoms with E-state index in [9.17, 15) is 4.79 Å². The van der Waals surface area contributed by atoms with E-state index >= 15 is 0 Å². The van der Waals surface area contributed by atoms with Gasteiger partial charge in [-0.1, -0.05) is 101 Å². The summed E-state index contributed by atoms with van der Waals surface area (Å²) in [6, 6.07) is 0. The molecule has 2 nitrogen and oxygen atoms in total. The molecule has 0 aliphatic heterocycles. The normalized spacial score (nSPS) is 12.1. The van der Waals surface area contributed by atoms with Crippen molar-refractivity contribution in [3.8, 4) is 0 Å². The van der Waals surface area contributed by atoms with Crippen LogP contribution in [-0.4, -0.2) is 12.1 Å². The third-order valence-electron chi connectivity index (χ3n) is 5.83. The molecule has 0 radical (unpaired) electrons. The number of hydrogen-bond donors (Lipinski definition) is 0. The lowest BCUT2D eigenvalue weighted by Gasteiger charge is -2.06. The number of ether oxygens (including phenoxy) is 1. The Balaban J connectivity index is 3.26. The van der Waals surface area contributed by atoms with E-state index < -0.39 is 0 Å². The van der Waals surface area contributed by atoms with E-state index in [0.717, 1.165) is 25.7 Å². The maximum absolute atomic E-state index is 11.4. The molecule has 0 saturated carbocycles. The molecule has 0 aromatic carbocycles. The fourth-order valence-electron chi connectivity index (χ4n) is 3.86. The number of unbranched alkanes of at least 4 members (excludes halogenated alkanes) is 15. The first-order chi connectivity index (χ1) is 16.2. The lowest BCUT2D eigenvalue weighted by molar-refractivity contribution is -0.147. The van der Waals surface area contributed by atoms with Gasteiger partial charge in [-0.15, -0.1) is 0 Å². The van der Waals surface area contributed by atoms with Gasteiger partial charge in [0, 0.05) is 6.42 Å². The molecular formula is C31H56O2. The lowest BCUT2D eigenvalue weighted by atomic mass is 10.1. The highest BCUT2D eigenvalue weighted by atomic mass is 16.5. The summed E-state index contributed by atoms with van der Waals surface area (Å²) in [5, 5.41) is 0. The van der Waals surface area contributed by atoms with Crippen LogP contribution in [0.1, 0.15) is 149 Å². The Morgan fingerprint density at radius 3 is 1.33 bits per heavy atom. The minimum atomic E-state index is -0.0763. The number of esters is 1. The number of rotatable bonds is 24. The second-order valence-corrected chi connectivity index (χ2v) is 9.68. The van der Waals surface area contributed by atoms with Crippen LogP contribution in [0.25, 0.3) is 0 Å². The maximum Gasteiger partial charge on any atom is 0.306 e. The van der Waals surface area contributed by atoms with Crippen LogP contribution in [0.15, 0.2) is 36.5 Å². The van der Waals surface area contributed by atoms with Gasteiger partial charge < -0.3 is 4.74 Å². The maximum atomic E-state index is 11.4. The van der Waals surface area contributed by atoms with E-state index in [1.54, 1.807) is 0 Å². The first-order valence-corrected chi connectivity index (χ1v) is 14.3. The van der Waals surface area contributed by atoms with Crippen LogP contribution in [0.5, 0.6) is 0 Å². The van der Waals surface area contributed by atoms with Crippen LogP contribution in [0.4, 0.5) is 0 Å². The molecule has 0 N–H and O–H groups in total. The second kappa shape index (κ2) is 26.9. The molecule has 0 spiro atoms. The molecule has 0 unspecified atom stereocenters. The van der Waals surface area contributed by atoms with E-state index in [0.29, 0.717) is 6.42 Å². The van der Waals surface area contributed by atoms with Gasteiger partial charge in [0.15, 0.2) is 0 Å². The molecule has 2 heteroatoms. The molecule has 0 aromatic rings. The Kier molecular flexibility index (Phi) is 25.9. The average molecular weight is 461 g/mol. The summed E-state index contributed by atoms with van der Waals surface area (Å²) in [7, 11) is 0. The minimum Gasteiger partial charge on any atom is -0.463 e. The average Bonchev–Trinajstić information content (AvgIpc) is 2.78. The molecular weight excluding hydrogens is 404 g/mol. The van der Waals surface area contributed by atoms with Crippen LogP contribution >= 0.6 is 0 Å². The number of hydrogen-bond acceptors (Lipinski definition) is 2. The van der Waals surface area contributed by atoms with Crippen LogP contribution in [0, 0.1) is 0 Å². The standard InChI is InChI=1S/C31H56O2/c1-4-5-6-7-8-9-10-11-12-13-14-15-16-17-18-19-20-21-22-23-24-25-26-27-28-29-31(32)33-30(2)3/h11-12,21-22,25-26,30H,4-10,13-20,23-24,27-29H2,1-3H3/b12-11-,22-21-,26-25-. The van der Waals surface area contributed by atoms with Gasteiger partial charge in [-0.3, -0.25) is 4.79 Å². The van der Waals surface area contributed by atoms with Gasteiger partial charge in [-0.25, -0.2) is 0 Å². The number of carbonyl (C=O) groups is 1. The lowest BCUT2D eigenvalue weighted by Crippen LogP contribution is -2.10. The van der Waals surface area contributed by atoms with Crippen molar-refractivity contribution in [1.82, 2.24) is 0 Å². The Bertz CT molecular complexity index is 487. The van der Waals surface area contributed by atoms with Crippen LogP contribution in [0.2, 0.25) is 0 Å². The highest BCUT2D eigenvalue weighted by Crippen LogP contribution is 2.11. The summed E-state index contributed by atoms with van der Waals surface area (Å²) in [5.41, 5.74) is 0. The molecule has 0 atom stereocenters. The van der Waals surface area contributed by atoms with Crippen LogP contribution in [0.3, 0.4) is 0 Å². The molecule has 0 saturated heterocycles. The summed E-state index contributed by atoms with van der Waals surface area (Å²) in [4.78, 5) is 11.4. The van der Waals surface area contributed by atoms with Gasteiger partial charge in [0.25, 0.3) is 0 Å². The Morgan fingerprint density at radius 1 is 0.545 bits per heavy atom. The third kappa shape index (κ3) is 28.7. The molecule has 0 aliphatic rings. The van der Waals surface area contributed by atoms with Gasteiger partial charge in [-0.2, -0.15) is 0 Å². The zero-order valence-corrected chi connectivity index (χ0v) is 22.5. The third-order valence-corrected chi connectivity index (χ3v) is 5.83. The van der Waals surface area contributed by atoms with Crippen molar-refractivity contribution in [2.75, 3.05) is 0 Å². The Morgan fingerprint density at radius 2 is 0.909 bits per heavy atom. The zero-order valence-electron chi connectivity index (χ0n) is 22.5. The molecule has 0 rings (SSSR count). The van der Waals surface area contributed by atoms with Crippen molar-refractivity contribution in [2.45, 2.75) is 155 Å². The Hall–Kier alpha value is -1.31. The van der Waals surface area contributed by atoms with Crippen molar-refractivity contribution >= 4 is 5.97 Å². The van der Waals surface area contributed by atoms with E-state index in [-0.39, 0.29) is 12.1 Å². The van der Waals surface area contributed by atoms with Gasteiger partial charge >= 0.3 is 5.97 Å². The predicted octanol–water partition coefficient (Wildman–Crippen LogP) is 10.4. The van der Waals surface area contributed by atoms with Crippen molar-refractivity contribution in [1.29, 1.82) is 0 Å². The van der Waals surface area contributed by atoms with E-state index in [1.807, 2.05) is 13.8 Å². The van der Waals surface area contributed by atoms with Crippen molar-refractivity contribution in [2.24, 2.45) is 0 Å². The first kappa shape index (κ1) is 31.7. The largest absolute Gasteiger partial charge is 0.463 e. The van der Waals surface area contributed by atoms with E-state index in [2.05, 4.69) is 43.4 Å². The summed E-state index contributed by atoms with van der Waals surface area (Å²) in [6.45, 7) is 6.07. The van der Waals surface area contributed by atoms with E-state index in [4.69, 9.17) is 4.74 Å². The molecule has 0 amide bonds. The van der Waals surface area contributed by atoms with Crippen molar-refractivity contribution < 1.29 is 9.53 Å². The molecule has 0 bridgehead atoms. The first-order valence-electron chi connectivity index (χ1n) is 14.3. The monoisotopic (exact) mass is 460 g/mol. The molecule has 0 aromatic heterocycles. The molecule has 192 valence electrons. The summed E-state index contributed by atoms with van der Waals surface area (Å²) in [6.07, 6.45) is 39.0. The van der Waals surface area contributed by atoms with Gasteiger partial charge in [-0.05, 0) is 78.1 Å². The van der Waals surface area contributed by atoms with Crippen molar-refractivity contribution in [3.63, 3.8) is 0 Å². The van der Waals surface area contributed by atoms with Crippen LogP contribution in [-0.2, 0) is 9.53 Å². The number of carbonyl (C=O) groups excluding carboxylic acids is 1. The quantitative estimate of drug-likeness (QED) is 0.0813. The summed E-state index contributed by atoms with van der Waals surface area (Å²) < 4.78 is 5.13. The highest BCUT2D eigenvalue weighted by molar-refractivity contribution is 5.69. The van der Waals surface area contributed by atoms with E-state index in [1.165, 1.54) is 96.3 Å². The molecule has 33 heavy (non-hydrogen) atoms. The zero-order chi connectivity index (χ0) is 24.2. The topological polar surface area (TPSA) is 26.3 Å². The van der Waals surface area contributed by atoms with Crippen molar-refractivity contribution in [3.05, 3.63) is 36.5 Å². The van der Waals surface area contributed by atoms with Gasteiger partial charge in [0.05, 0.1) is 6.10 Å². The minimum absolute atomic E-state index is 0.00305. The van der Waals surface area contributed by atoms with Crippen LogP contribution < -0.4 is 0 Å². The fourth-order valence-corrected chi connectivity index (χ4v) is 3.86. The Labute approximate surface area is 207 Å². The second-order valence-electron chi connectivity index (χ2n) is 9.68. The molecule has 0 fully saturated rings.